The fourth-order valence-electron chi connectivity index (χ4n) is 3.36. The zero-order valence-corrected chi connectivity index (χ0v) is 19.6. The van der Waals surface area contributed by atoms with Crippen LogP contribution in [0.15, 0.2) is 0 Å². The van der Waals surface area contributed by atoms with Gasteiger partial charge in [-0.05, 0) is 63.6 Å². The van der Waals surface area contributed by atoms with Crippen LogP contribution in [0.3, 0.4) is 0 Å². The molecule has 0 aliphatic carbocycles. The standard InChI is InChI=1S/C20H35N5O7S/c1-33-10-7-13(18(29)24-14(20(31)32)5-2-3-8-21)23-19(30)15(11-16(26)27)25-17(28)12-6-4-9-22-12/h12-15,22H,2-11,21H2,1H3,(H,23,30)(H,24,29)(H,25,28)(H,26,27)(H,31,32). The van der Waals surface area contributed by atoms with E-state index in [-0.39, 0.29) is 12.8 Å². The summed E-state index contributed by atoms with van der Waals surface area (Å²) in [6.07, 6.45) is 4.03. The Morgan fingerprint density at radius 1 is 1.00 bits per heavy atom. The monoisotopic (exact) mass is 489 g/mol. The molecule has 1 rings (SSSR count). The largest absolute Gasteiger partial charge is 0.481 e. The van der Waals surface area contributed by atoms with E-state index in [0.29, 0.717) is 38.1 Å². The summed E-state index contributed by atoms with van der Waals surface area (Å²) in [5.74, 6) is -3.98. The van der Waals surface area contributed by atoms with Crippen LogP contribution in [0.4, 0.5) is 0 Å². The Bertz CT molecular complexity index is 688. The summed E-state index contributed by atoms with van der Waals surface area (Å²) < 4.78 is 0. The third kappa shape index (κ3) is 10.9. The zero-order chi connectivity index (χ0) is 24.8. The van der Waals surface area contributed by atoms with Gasteiger partial charge in [0.15, 0.2) is 0 Å². The normalized spacial score (nSPS) is 18.1. The van der Waals surface area contributed by atoms with E-state index in [1.807, 2.05) is 6.26 Å². The molecule has 33 heavy (non-hydrogen) atoms. The first-order valence-corrected chi connectivity index (χ1v) is 12.4. The van der Waals surface area contributed by atoms with Gasteiger partial charge >= 0.3 is 11.9 Å². The van der Waals surface area contributed by atoms with Crippen molar-refractivity contribution in [3.8, 4) is 0 Å². The first-order valence-electron chi connectivity index (χ1n) is 11.0. The summed E-state index contributed by atoms with van der Waals surface area (Å²) in [5.41, 5.74) is 5.43. The Kier molecular flexibility index (Phi) is 13.4. The third-order valence-electron chi connectivity index (χ3n) is 5.19. The summed E-state index contributed by atoms with van der Waals surface area (Å²) in [6, 6.07) is -4.10. The molecule has 1 fully saturated rings. The minimum absolute atomic E-state index is 0.188. The molecule has 13 heteroatoms. The predicted molar refractivity (Wildman–Crippen MR) is 123 cm³/mol. The molecule has 1 heterocycles. The number of thioether (sulfide) groups is 1. The van der Waals surface area contributed by atoms with Crippen LogP contribution in [-0.2, 0) is 24.0 Å². The first kappa shape index (κ1) is 28.7. The molecular weight excluding hydrogens is 454 g/mol. The molecule has 1 aliphatic rings. The Morgan fingerprint density at radius 3 is 2.21 bits per heavy atom. The van der Waals surface area contributed by atoms with Crippen molar-refractivity contribution >= 4 is 41.4 Å². The van der Waals surface area contributed by atoms with Gasteiger partial charge in [-0.1, -0.05) is 0 Å². The van der Waals surface area contributed by atoms with Crippen molar-refractivity contribution in [2.45, 2.75) is 69.1 Å². The highest BCUT2D eigenvalue weighted by atomic mass is 32.2. The minimum Gasteiger partial charge on any atom is -0.481 e. The third-order valence-corrected chi connectivity index (χ3v) is 5.84. The van der Waals surface area contributed by atoms with Gasteiger partial charge in [0.05, 0.1) is 12.5 Å². The van der Waals surface area contributed by atoms with E-state index in [1.54, 1.807) is 0 Å². The van der Waals surface area contributed by atoms with Crippen LogP contribution >= 0.6 is 11.8 Å². The number of hydrogen-bond donors (Lipinski definition) is 7. The molecule has 0 aromatic heterocycles. The molecule has 1 aliphatic heterocycles. The fraction of sp³-hybridized carbons (Fsp3) is 0.750. The van der Waals surface area contributed by atoms with Gasteiger partial charge < -0.3 is 37.2 Å². The number of carbonyl (C=O) groups is 5. The number of nitrogens with two attached hydrogens (primary N) is 1. The molecule has 188 valence electrons. The van der Waals surface area contributed by atoms with Crippen molar-refractivity contribution in [1.82, 2.24) is 21.3 Å². The van der Waals surface area contributed by atoms with Crippen molar-refractivity contribution in [3.63, 3.8) is 0 Å². The first-order chi connectivity index (χ1) is 15.7. The second kappa shape index (κ2) is 15.5. The lowest BCUT2D eigenvalue weighted by Crippen LogP contribution is -2.57. The second-order valence-corrected chi connectivity index (χ2v) is 8.82. The van der Waals surface area contributed by atoms with Crippen LogP contribution in [0.2, 0.25) is 0 Å². The van der Waals surface area contributed by atoms with Crippen LogP contribution in [-0.4, -0.2) is 89.1 Å². The molecular formula is C20H35N5O7S. The molecule has 0 spiro atoms. The smallest absolute Gasteiger partial charge is 0.326 e. The maximum Gasteiger partial charge on any atom is 0.326 e. The van der Waals surface area contributed by atoms with Crippen molar-refractivity contribution in [2.75, 3.05) is 25.1 Å². The van der Waals surface area contributed by atoms with Gasteiger partial charge in [0.2, 0.25) is 17.7 Å². The molecule has 0 radical (unpaired) electrons. The average molecular weight is 490 g/mol. The van der Waals surface area contributed by atoms with E-state index in [1.165, 1.54) is 11.8 Å². The topological polar surface area (TPSA) is 200 Å². The van der Waals surface area contributed by atoms with Gasteiger partial charge in [-0.2, -0.15) is 11.8 Å². The predicted octanol–water partition coefficient (Wildman–Crippen LogP) is -1.37. The Hall–Kier alpha value is -2.38. The summed E-state index contributed by atoms with van der Waals surface area (Å²) in [7, 11) is 0. The molecule has 0 bridgehead atoms. The van der Waals surface area contributed by atoms with Crippen LogP contribution in [0.25, 0.3) is 0 Å². The van der Waals surface area contributed by atoms with Gasteiger partial charge in [0.1, 0.15) is 18.1 Å². The second-order valence-electron chi connectivity index (χ2n) is 7.83. The highest BCUT2D eigenvalue weighted by Gasteiger charge is 2.32. The number of aliphatic carboxylic acids is 2. The molecule has 0 aromatic carbocycles. The lowest BCUT2D eigenvalue weighted by Gasteiger charge is -2.24. The molecule has 1 saturated heterocycles. The van der Waals surface area contributed by atoms with Crippen molar-refractivity contribution < 1.29 is 34.2 Å². The van der Waals surface area contributed by atoms with Crippen molar-refractivity contribution in [1.29, 1.82) is 0 Å². The van der Waals surface area contributed by atoms with Gasteiger partial charge in [-0.25, -0.2) is 4.79 Å². The van der Waals surface area contributed by atoms with E-state index in [9.17, 15) is 34.2 Å². The number of rotatable bonds is 16. The Labute approximate surface area is 197 Å². The summed E-state index contributed by atoms with van der Waals surface area (Å²) in [4.78, 5) is 60.7. The summed E-state index contributed by atoms with van der Waals surface area (Å²) >= 11 is 1.43. The molecule has 12 nitrogen and oxygen atoms in total. The number of amides is 3. The maximum absolute atomic E-state index is 12.8. The number of carboxylic acid groups (broad SMARTS) is 2. The fourth-order valence-corrected chi connectivity index (χ4v) is 3.84. The molecule has 3 amide bonds. The highest BCUT2D eigenvalue weighted by Crippen LogP contribution is 2.08. The number of hydrogen-bond acceptors (Lipinski definition) is 8. The molecule has 8 N–H and O–H groups in total. The lowest BCUT2D eigenvalue weighted by atomic mass is 10.1. The van der Waals surface area contributed by atoms with Crippen LogP contribution < -0.4 is 27.0 Å². The molecule has 0 saturated carbocycles. The van der Waals surface area contributed by atoms with Gasteiger partial charge in [-0.15, -0.1) is 0 Å². The number of unbranched alkanes of at least 4 members (excludes halogenated alkanes) is 1. The average Bonchev–Trinajstić information content (AvgIpc) is 3.30. The number of carbonyl (C=O) groups excluding carboxylic acids is 3. The van der Waals surface area contributed by atoms with E-state index in [4.69, 9.17) is 5.73 Å². The van der Waals surface area contributed by atoms with Gasteiger partial charge in [-0.3, -0.25) is 19.2 Å². The molecule has 0 aromatic rings. The SMILES string of the molecule is CSCCC(NC(=O)C(CC(=O)O)NC(=O)C1CCCN1)C(=O)NC(CCCCN)C(=O)O. The minimum atomic E-state index is -1.37. The van der Waals surface area contributed by atoms with Crippen LogP contribution in [0.5, 0.6) is 0 Å². The molecule has 4 unspecified atom stereocenters. The maximum atomic E-state index is 12.8. The lowest BCUT2D eigenvalue weighted by molar-refractivity contribution is -0.143. The van der Waals surface area contributed by atoms with E-state index in [0.717, 1.165) is 6.42 Å². The van der Waals surface area contributed by atoms with Crippen molar-refractivity contribution in [3.05, 3.63) is 0 Å². The van der Waals surface area contributed by atoms with E-state index < -0.39 is 60.2 Å². The van der Waals surface area contributed by atoms with Crippen molar-refractivity contribution in [2.24, 2.45) is 5.73 Å². The zero-order valence-electron chi connectivity index (χ0n) is 18.8. The number of carboxylic acids is 2. The van der Waals surface area contributed by atoms with Crippen LogP contribution in [0.1, 0.15) is 44.9 Å². The Balaban J connectivity index is 2.86. The van der Waals surface area contributed by atoms with Crippen LogP contribution in [0, 0.1) is 0 Å². The number of nitrogens with one attached hydrogen (secondary N) is 4. The highest BCUT2D eigenvalue weighted by molar-refractivity contribution is 7.98. The summed E-state index contributed by atoms with van der Waals surface area (Å²) in [6.45, 7) is 1.06. The van der Waals surface area contributed by atoms with E-state index in [2.05, 4.69) is 21.3 Å². The van der Waals surface area contributed by atoms with Gasteiger partial charge in [0, 0.05) is 0 Å². The van der Waals surface area contributed by atoms with Gasteiger partial charge in [0.25, 0.3) is 0 Å². The quantitative estimate of drug-likeness (QED) is 0.127. The van der Waals surface area contributed by atoms with E-state index >= 15 is 0 Å². The Morgan fingerprint density at radius 2 is 1.67 bits per heavy atom. The molecule has 4 atom stereocenters. The summed E-state index contributed by atoms with van der Waals surface area (Å²) in [5, 5.41) is 28.9.